The Kier molecular flexibility index (Phi) is 8.49. The minimum absolute atomic E-state index is 0.651. The first-order chi connectivity index (χ1) is 29.2. The average molecular weight is 753 g/mol. The van der Waals surface area contributed by atoms with E-state index in [4.69, 9.17) is 14.4 Å². The number of furan rings is 1. The van der Waals surface area contributed by atoms with Crippen molar-refractivity contribution in [3.8, 4) is 78.4 Å². The molecule has 0 aliphatic heterocycles. The normalized spacial score (nSPS) is 11.4. The van der Waals surface area contributed by atoms with E-state index in [1.807, 2.05) is 36.4 Å². The summed E-state index contributed by atoms with van der Waals surface area (Å²) in [5.41, 5.74) is 15.7. The molecule has 0 aliphatic carbocycles. The largest absolute Gasteiger partial charge is 0.455 e. The smallest absolute Gasteiger partial charge is 0.160 e. The first kappa shape index (κ1) is 34.4. The lowest BCUT2D eigenvalue weighted by molar-refractivity contribution is 0.673. The van der Waals surface area contributed by atoms with Crippen LogP contribution in [0.4, 0.5) is 0 Å². The van der Waals surface area contributed by atoms with E-state index in [1.165, 1.54) is 27.8 Å². The molecule has 0 fully saturated rings. The van der Waals surface area contributed by atoms with E-state index in [1.54, 1.807) is 0 Å². The predicted octanol–water partition coefficient (Wildman–Crippen LogP) is 15.2. The molecule has 59 heavy (non-hydrogen) atoms. The maximum absolute atomic E-state index is 6.91. The number of nitrogens with zero attached hydrogens (tertiary/aromatic N) is 2. The van der Waals surface area contributed by atoms with Crippen LogP contribution >= 0.6 is 0 Å². The lowest BCUT2D eigenvalue weighted by atomic mass is 9.90. The Morgan fingerprint density at radius 1 is 0.305 bits per heavy atom. The molecule has 3 nitrogen and oxygen atoms in total. The monoisotopic (exact) mass is 752 g/mol. The summed E-state index contributed by atoms with van der Waals surface area (Å²) in [4.78, 5) is 10.2. The van der Waals surface area contributed by atoms with Gasteiger partial charge in [0.15, 0.2) is 5.82 Å². The summed E-state index contributed by atoms with van der Waals surface area (Å²) in [6.07, 6.45) is 0. The Bertz CT molecular complexity index is 3190. The molecule has 3 heteroatoms. The number of rotatable bonds is 7. The number of fused-ring (bicyclic) bond motifs is 5. The molecule has 2 aromatic heterocycles. The Morgan fingerprint density at radius 3 is 1.41 bits per heavy atom. The minimum Gasteiger partial charge on any atom is -0.455 e. The molecule has 0 aliphatic rings. The molecule has 0 spiro atoms. The summed E-state index contributed by atoms with van der Waals surface area (Å²) in [5, 5.41) is 4.35. The standard InChI is InChI=1S/C56H36N2O/c1-5-16-37(17-6-1)45-31-46(38-18-7-2-8-19-38)33-47(32-45)41-25-15-26-42(30-41)50-34-43-24-13-14-27-48(43)55-54(50)49-29-28-44(35-53(49)59-55)56-57-51(39-20-9-3-10-21-39)36-52(58-56)40-22-11-4-12-23-40/h1-36H. The van der Waals surface area contributed by atoms with Crippen LogP contribution in [0.3, 0.4) is 0 Å². The van der Waals surface area contributed by atoms with Crippen molar-refractivity contribution in [2.75, 3.05) is 0 Å². The zero-order valence-electron chi connectivity index (χ0n) is 32.1. The van der Waals surface area contributed by atoms with Crippen LogP contribution < -0.4 is 0 Å². The number of benzene rings is 9. The summed E-state index contributed by atoms with van der Waals surface area (Å²) in [7, 11) is 0. The van der Waals surface area contributed by atoms with Crippen molar-refractivity contribution in [2.45, 2.75) is 0 Å². The van der Waals surface area contributed by atoms with Gasteiger partial charge in [-0.3, -0.25) is 0 Å². The van der Waals surface area contributed by atoms with Crippen LogP contribution in [0.5, 0.6) is 0 Å². The maximum Gasteiger partial charge on any atom is 0.160 e. The fourth-order valence-corrected chi connectivity index (χ4v) is 8.32. The lowest BCUT2D eigenvalue weighted by Crippen LogP contribution is -1.95. The molecule has 276 valence electrons. The Morgan fingerprint density at radius 2 is 0.797 bits per heavy atom. The van der Waals surface area contributed by atoms with Crippen molar-refractivity contribution in [3.05, 3.63) is 218 Å². The molecule has 0 saturated heterocycles. The third-order valence-corrected chi connectivity index (χ3v) is 11.2. The van der Waals surface area contributed by atoms with Gasteiger partial charge in [0.2, 0.25) is 0 Å². The van der Waals surface area contributed by atoms with Gasteiger partial charge in [-0.25, -0.2) is 9.97 Å². The second-order valence-electron chi connectivity index (χ2n) is 15.0. The highest BCUT2D eigenvalue weighted by Crippen LogP contribution is 2.43. The van der Waals surface area contributed by atoms with E-state index in [2.05, 4.69) is 182 Å². The predicted molar refractivity (Wildman–Crippen MR) is 245 cm³/mol. The van der Waals surface area contributed by atoms with Crippen LogP contribution in [0.1, 0.15) is 0 Å². The molecule has 0 bridgehead atoms. The van der Waals surface area contributed by atoms with E-state index in [0.29, 0.717) is 5.82 Å². The second-order valence-corrected chi connectivity index (χ2v) is 15.0. The minimum atomic E-state index is 0.651. The van der Waals surface area contributed by atoms with Crippen LogP contribution in [0.25, 0.3) is 111 Å². The molecular weight excluding hydrogens is 717 g/mol. The SMILES string of the molecule is c1ccc(-c2cc(-c3ccccc3)cc(-c3cccc(-c4cc5ccccc5c5oc6cc(-c7nc(-c8ccccc8)cc(-c8ccccc8)n7)ccc6c45)c3)c2)cc1. The molecule has 0 atom stereocenters. The van der Waals surface area contributed by atoms with Crippen molar-refractivity contribution >= 4 is 32.7 Å². The molecule has 0 amide bonds. The van der Waals surface area contributed by atoms with E-state index in [0.717, 1.165) is 77.5 Å². The third-order valence-electron chi connectivity index (χ3n) is 11.2. The van der Waals surface area contributed by atoms with Gasteiger partial charge in [0.25, 0.3) is 0 Å². The fourth-order valence-electron chi connectivity index (χ4n) is 8.32. The number of aromatic nitrogens is 2. The topological polar surface area (TPSA) is 38.9 Å². The van der Waals surface area contributed by atoms with Gasteiger partial charge in [0.1, 0.15) is 11.2 Å². The Labute approximate surface area is 342 Å². The van der Waals surface area contributed by atoms with Gasteiger partial charge in [-0.1, -0.05) is 170 Å². The number of hydrogen-bond donors (Lipinski definition) is 0. The zero-order chi connectivity index (χ0) is 39.1. The van der Waals surface area contributed by atoms with E-state index in [-0.39, 0.29) is 0 Å². The van der Waals surface area contributed by atoms with Gasteiger partial charge in [-0.05, 0) is 98.4 Å². The molecular formula is C56H36N2O. The molecule has 0 radical (unpaired) electrons. The van der Waals surface area contributed by atoms with Gasteiger partial charge < -0.3 is 4.42 Å². The van der Waals surface area contributed by atoms with Crippen LogP contribution in [0.15, 0.2) is 223 Å². The highest BCUT2D eigenvalue weighted by atomic mass is 16.3. The second kappa shape index (κ2) is 14.6. The Hall–Kier alpha value is -7.88. The van der Waals surface area contributed by atoms with E-state index >= 15 is 0 Å². The van der Waals surface area contributed by atoms with Crippen molar-refractivity contribution in [3.63, 3.8) is 0 Å². The van der Waals surface area contributed by atoms with E-state index < -0.39 is 0 Å². The van der Waals surface area contributed by atoms with Gasteiger partial charge in [-0.15, -0.1) is 0 Å². The lowest BCUT2D eigenvalue weighted by Gasteiger charge is -2.13. The third kappa shape index (κ3) is 6.45. The summed E-state index contributed by atoms with van der Waals surface area (Å²) < 4.78 is 6.91. The molecule has 0 saturated carbocycles. The van der Waals surface area contributed by atoms with Crippen LogP contribution in [-0.4, -0.2) is 9.97 Å². The fraction of sp³-hybridized carbons (Fsp3) is 0. The van der Waals surface area contributed by atoms with Crippen LogP contribution in [0.2, 0.25) is 0 Å². The molecule has 11 rings (SSSR count). The number of hydrogen-bond acceptors (Lipinski definition) is 3. The van der Waals surface area contributed by atoms with Crippen LogP contribution in [-0.2, 0) is 0 Å². The summed E-state index contributed by atoms with van der Waals surface area (Å²) in [6, 6.07) is 77.0. The van der Waals surface area contributed by atoms with E-state index in [9.17, 15) is 0 Å². The first-order valence-electron chi connectivity index (χ1n) is 20.0. The zero-order valence-corrected chi connectivity index (χ0v) is 32.1. The van der Waals surface area contributed by atoms with Crippen LogP contribution in [0, 0.1) is 0 Å². The summed E-state index contributed by atoms with van der Waals surface area (Å²) >= 11 is 0. The highest BCUT2D eigenvalue weighted by Gasteiger charge is 2.19. The summed E-state index contributed by atoms with van der Waals surface area (Å²) in [5.74, 6) is 0.651. The summed E-state index contributed by atoms with van der Waals surface area (Å²) in [6.45, 7) is 0. The molecule has 9 aromatic carbocycles. The van der Waals surface area contributed by atoms with Crippen molar-refractivity contribution in [1.82, 2.24) is 9.97 Å². The molecule has 0 N–H and O–H groups in total. The van der Waals surface area contributed by atoms with Gasteiger partial charge in [0.05, 0.1) is 11.4 Å². The quantitative estimate of drug-likeness (QED) is 0.163. The van der Waals surface area contributed by atoms with Crippen molar-refractivity contribution < 1.29 is 4.42 Å². The van der Waals surface area contributed by atoms with Gasteiger partial charge in [0, 0.05) is 32.8 Å². The maximum atomic E-state index is 6.91. The Balaban J connectivity index is 1.08. The molecule has 11 aromatic rings. The first-order valence-corrected chi connectivity index (χ1v) is 20.0. The van der Waals surface area contributed by atoms with Crippen molar-refractivity contribution in [2.24, 2.45) is 0 Å². The van der Waals surface area contributed by atoms with Gasteiger partial charge >= 0.3 is 0 Å². The molecule has 2 heterocycles. The highest BCUT2D eigenvalue weighted by molar-refractivity contribution is 6.21. The van der Waals surface area contributed by atoms with Crippen molar-refractivity contribution in [1.29, 1.82) is 0 Å². The average Bonchev–Trinajstić information content (AvgIpc) is 3.71. The van der Waals surface area contributed by atoms with Gasteiger partial charge in [-0.2, -0.15) is 0 Å². The molecule has 0 unspecified atom stereocenters.